The zero-order valence-corrected chi connectivity index (χ0v) is 15.1. The van der Waals surface area contributed by atoms with Gasteiger partial charge in [0.15, 0.2) is 0 Å². The van der Waals surface area contributed by atoms with Gasteiger partial charge in [-0.25, -0.2) is 4.39 Å². The maximum absolute atomic E-state index is 13.8. The Kier molecular flexibility index (Phi) is 10.3. The number of aliphatic hydroxyl groups is 1. The van der Waals surface area contributed by atoms with Gasteiger partial charge in [-0.1, -0.05) is 44.1 Å². The third kappa shape index (κ3) is 8.43. The largest absolute Gasteiger partial charge is 0.481 e. The minimum absolute atomic E-state index is 0.0456. The summed E-state index contributed by atoms with van der Waals surface area (Å²) in [6.07, 6.45) is 10.1. The van der Waals surface area contributed by atoms with Crippen molar-refractivity contribution in [3.8, 4) is 0 Å². The summed E-state index contributed by atoms with van der Waals surface area (Å²) >= 11 is 0. The Balaban J connectivity index is 2.44. The van der Waals surface area contributed by atoms with Gasteiger partial charge in [0, 0.05) is 18.8 Å². The van der Waals surface area contributed by atoms with E-state index in [1.807, 2.05) is 19.1 Å². The summed E-state index contributed by atoms with van der Waals surface area (Å²) in [4.78, 5) is 22.5. The SMILES string of the molecule is CCCCC(F)C(O)C=C[C@H]1CCC(=O)[C@@H]1CC=CCCCC(=O)O. The molecule has 1 fully saturated rings. The lowest BCUT2D eigenvalue weighted by molar-refractivity contribution is -0.137. The third-order valence-corrected chi connectivity index (χ3v) is 4.73. The first-order valence-electron chi connectivity index (χ1n) is 9.35. The molecule has 0 aromatic carbocycles. The average molecular weight is 354 g/mol. The Hall–Kier alpha value is -1.49. The number of alkyl halides is 1. The van der Waals surface area contributed by atoms with Gasteiger partial charge in [0.2, 0.25) is 0 Å². The highest BCUT2D eigenvalue weighted by Gasteiger charge is 2.32. The number of carboxylic acids is 1. The van der Waals surface area contributed by atoms with Crippen LogP contribution in [0.4, 0.5) is 4.39 Å². The summed E-state index contributed by atoms with van der Waals surface area (Å²) in [5.74, 6) is -0.660. The van der Waals surface area contributed by atoms with Gasteiger partial charge < -0.3 is 10.2 Å². The molecule has 1 aliphatic carbocycles. The number of carbonyl (C=O) groups excluding carboxylic acids is 1. The van der Waals surface area contributed by atoms with E-state index in [-0.39, 0.29) is 24.0 Å². The molecule has 0 bridgehead atoms. The van der Waals surface area contributed by atoms with Crippen LogP contribution < -0.4 is 0 Å². The fraction of sp³-hybridized carbons (Fsp3) is 0.700. The minimum atomic E-state index is -1.25. The molecule has 142 valence electrons. The van der Waals surface area contributed by atoms with Crippen LogP contribution in [0.25, 0.3) is 0 Å². The van der Waals surface area contributed by atoms with Crippen LogP contribution >= 0.6 is 0 Å². The van der Waals surface area contributed by atoms with Crippen LogP contribution in [-0.4, -0.2) is 34.2 Å². The van der Waals surface area contributed by atoms with E-state index in [0.29, 0.717) is 32.1 Å². The lowest BCUT2D eigenvalue weighted by Crippen LogP contribution is -2.20. The molecular weight excluding hydrogens is 323 g/mol. The van der Waals surface area contributed by atoms with Crippen molar-refractivity contribution in [3.05, 3.63) is 24.3 Å². The number of hydrogen-bond donors (Lipinski definition) is 2. The zero-order valence-electron chi connectivity index (χ0n) is 15.1. The van der Waals surface area contributed by atoms with Crippen LogP contribution in [-0.2, 0) is 9.59 Å². The van der Waals surface area contributed by atoms with Crippen molar-refractivity contribution < 1.29 is 24.2 Å². The summed E-state index contributed by atoms with van der Waals surface area (Å²) in [5, 5.41) is 18.4. The number of unbranched alkanes of at least 4 members (excludes halogenated alkanes) is 2. The molecule has 2 unspecified atom stereocenters. The van der Waals surface area contributed by atoms with Crippen molar-refractivity contribution >= 4 is 11.8 Å². The molecule has 0 aromatic heterocycles. The molecule has 2 N–H and O–H groups in total. The van der Waals surface area contributed by atoms with Crippen LogP contribution in [0.2, 0.25) is 0 Å². The van der Waals surface area contributed by atoms with E-state index in [9.17, 15) is 19.1 Å². The first-order chi connectivity index (χ1) is 12.0. The molecule has 1 aliphatic rings. The van der Waals surface area contributed by atoms with Crippen molar-refractivity contribution in [2.24, 2.45) is 11.8 Å². The fourth-order valence-corrected chi connectivity index (χ4v) is 3.15. The number of aliphatic carboxylic acids is 1. The van der Waals surface area contributed by atoms with Gasteiger partial charge in [-0.05, 0) is 38.0 Å². The Morgan fingerprint density at radius 2 is 2.12 bits per heavy atom. The molecular formula is C20H31FO4. The van der Waals surface area contributed by atoms with Gasteiger partial charge in [0.05, 0.1) is 0 Å². The second-order valence-electron chi connectivity index (χ2n) is 6.80. The molecule has 0 heterocycles. The molecule has 0 aromatic rings. The Bertz CT molecular complexity index is 472. The molecule has 25 heavy (non-hydrogen) atoms. The molecule has 1 saturated carbocycles. The maximum Gasteiger partial charge on any atom is 0.303 e. The topological polar surface area (TPSA) is 74.6 Å². The van der Waals surface area contributed by atoms with E-state index in [1.54, 1.807) is 6.08 Å². The molecule has 5 heteroatoms. The van der Waals surface area contributed by atoms with E-state index in [2.05, 4.69) is 0 Å². The molecule has 0 amide bonds. The first kappa shape index (κ1) is 21.6. The molecule has 0 saturated heterocycles. The average Bonchev–Trinajstić information content (AvgIpc) is 2.93. The smallest absolute Gasteiger partial charge is 0.303 e. The molecule has 4 nitrogen and oxygen atoms in total. The number of Topliss-reactive ketones (excluding diaryl/α,β-unsaturated/α-hetero) is 1. The quantitative estimate of drug-likeness (QED) is 0.406. The van der Waals surface area contributed by atoms with Gasteiger partial charge in [-0.2, -0.15) is 0 Å². The molecule has 1 rings (SSSR count). The van der Waals surface area contributed by atoms with Crippen molar-refractivity contribution in [1.82, 2.24) is 0 Å². The second-order valence-corrected chi connectivity index (χ2v) is 6.80. The van der Waals surface area contributed by atoms with Gasteiger partial charge >= 0.3 is 5.97 Å². The summed E-state index contributed by atoms with van der Waals surface area (Å²) in [5.41, 5.74) is 0. The van der Waals surface area contributed by atoms with Crippen LogP contribution in [0.3, 0.4) is 0 Å². The number of ketones is 1. The predicted molar refractivity (Wildman–Crippen MR) is 96.0 cm³/mol. The number of rotatable bonds is 12. The number of carbonyl (C=O) groups is 2. The number of allylic oxidation sites excluding steroid dienone is 3. The van der Waals surface area contributed by atoms with E-state index in [0.717, 1.165) is 19.3 Å². The Labute approximate surface area is 149 Å². The van der Waals surface area contributed by atoms with Gasteiger partial charge in [0.25, 0.3) is 0 Å². The van der Waals surface area contributed by atoms with Gasteiger partial charge in [0.1, 0.15) is 18.1 Å². The van der Waals surface area contributed by atoms with Crippen molar-refractivity contribution in [3.63, 3.8) is 0 Å². The summed E-state index contributed by atoms with van der Waals surface area (Å²) < 4.78 is 13.8. The normalized spacial score (nSPS) is 23.6. The lowest BCUT2D eigenvalue weighted by Gasteiger charge is -2.15. The van der Waals surface area contributed by atoms with Crippen LogP contribution in [0.5, 0.6) is 0 Å². The van der Waals surface area contributed by atoms with Crippen molar-refractivity contribution in [1.29, 1.82) is 0 Å². The van der Waals surface area contributed by atoms with E-state index in [1.165, 1.54) is 6.08 Å². The number of aliphatic hydroxyl groups excluding tert-OH is 1. The summed E-state index contributed by atoms with van der Waals surface area (Å²) in [7, 11) is 0. The van der Waals surface area contributed by atoms with Crippen LogP contribution in [0, 0.1) is 11.8 Å². The second kappa shape index (κ2) is 12.0. The number of carboxylic acid groups (broad SMARTS) is 1. The highest BCUT2D eigenvalue weighted by atomic mass is 19.1. The van der Waals surface area contributed by atoms with Crippen molar-refractivity contribution in [2.75, 3.05) is 0 Å². The highest BCUT2D eigenvalue weighted by Crippen LogP contribution is 2.33. The third-order valence-electron chi connectivity index (χ3n) is 4.73. The number of halogens is 1. The summed E-state index contributed by atoms with van der Waals surface area (Å²) in [6, 6.07) is 0. The number of hydrogen-bond acceptors (Lipinski definition) is 3. The molecule has 4 atom stereocenters. The lowest BCUT2D eigenvalue weighted by atomic mass is 9.91. The standard InChI is InChI=1S/C20H31FO4/c1-2-3-9-17(21)19(23)14-12-15-11-13-18(22)16(15)8-6-4-5-7-10-20(24)25/h4,6,12,14-17,19,23H,2-3,5,7-11,13H2,1H3,(H,24,25)/t15-,16-,17?,19?/m1/s1. The maximum atomic E-state index is 13.8. The Morgan fingerprint density at radius 3 is 2.80 bits per heavy atom. The van der Waals surface area contributed by atoms with Gasteiger partial charge in [-0.15, -0.1) is 0 Å². The monoisotopic (exact) mass is 354 g/mol. The zero-order chi connectivity index (χ0) is 18.7. The molecule has 0 aliphatic heterocycles. The first-order valence-corrected chi connectivity index (χ1v) is 9.35. The van der Waals surface area contributed by atoms with Crippen LogP contribution in [0.15, 0.2) is 24.3 Å². The molecule has 0 spiro atoms. The Morgan fingerprint density at radius 1 is 1.36 bits per heavy atom. The van der Waals surface area contributed by atoms with E-state index in [4.69, 9.17) is 5.11 Å². The summed E-state index contributed by atoms with van der Waals surface area (Å²) in [6.45, 7) is 1.98. The van der Waals surface area contributed by atoms with Gasteiger partial charge in [-0.3, -0.25) is 9.59 Å². The van der Waals surface area contributed by atoms with Crippen LogP contribution in [0.1, 0.15) is 64.7 Å². The molecule has 0 radical (unpaired) electrons. The minimum Gasteiger partial charge on any atom is -0.481 e. The van der Waals surface area contributed by atoms with Crippen molar-refractivity contribution in [2.45, 2.75) is 77.0 Å². The fourth-order valence-electron chi connectivity index (χ4n) is 3.15. The predicted octanol–water partition coefficient (Wildman–Crippen LogP) is 4.23. The van der Waals surface area contributed by atoms with E-state index >= 15 is 0 Å². The highest BCUT2D eigenvalue weighted by molar-refractivity contribution is 5.83. The van der Waals surface area contributed by atoms with E-state index < -0.39 is 18.2 Å².